The monoisotopic (exact) mass is 586 g/mol. The number of H-pyrrole nitrogens is 1. The molecule has 0 spiro atoms. The zero-order valence-electron chi connectivity index (χ0n) is 24.5. The number of hydrogen-bond donors (Lipinski definition) is 5. The third-order valence-electron chi connectivity index (χ3n) is 10.8. The van der Waals surface area contributed by atoms with Crippen LogP contribution in [0.15, 0.2) is 29.3 Å². The first-order chi connectivity index (χ1) is 20.0. The summed E-state index contributed by atoms with van der Waals surface area (Å²) in [6.45, 7) is 3.05. The van der Waals surface area contributed by atoms with E-state index in [1.54, 1.807) is 6.20 Å². The highest BCUT2D eigenvalue weighted by Gasteiger charge is 2.68. The van der Waals surface area contributed by atoms with E-state index in [1.807, 2.05) is 13.0 Å². The number of Topliss-reactive ketones (excluding diaryl/α,β-unsaturated/α-hetero) is 1. The lowest BCUT2D eigenvalue weighted by atomic mass is 9.45. The number of rotatable bonds is 9. The number of carbonyl (C=O) groups excluding carboxylic acids is 3. The topological polar surface area (TPSA) is 183 Å². The quantitative estimate of drug-likeness (QED) is 0.210. The second-order valence-electron chi connectivity index (χ2n) is 12.9. The Morgan fingerprint density at radius 2 is 2.02 bits per heavy atom. The molecule has 4 aliphatic carbocycles. The van der Waals surface area contributed by atoms with Crippen molar-refractivity contribution in [3.05, 3.63) is 29.9 Å². The number of ketones is 1. The number of nitrogens with zero attached hydrogens (tertiary/aromatic N) is 2. The van der Waals surface area contributed by atoms with Gasteiger partial charge in [0.1, 0.15) is 18.2 Å². The van der Waals surface area contributed by atoms with Gasteiger partial charge in [-0.25, -0.2) is 9.78 Å². The Balaban J connectivity index is 1.24. The van der Waals surface area contributed by atoms with Gasteiger partial charge in [0, 0.05) is 23.7 Å². The van der Waals surface area contributed by atoms with Crippen LogP contribution < -0.4 is 5.32 Å². The van der Waals surface area contributed by atoms with Crippen LogP contribution in [0.2, 0.25) is 0 Å². The number of amides is 1. The molecule has 0 radical (unpaired) electrons. The van der Waals surface area contributed by atoms with E-state index in [2.05, 4.69) is 27.4 Å². The number of methoxy groups -OCH3 is 1. The summed E-state index contributed by atoms with van der Waals surface area (Å²) < 4.78 is 4.80. The first-order valence-corrected chi connectivity index (χ1v) is 14.8. The lowest BCUT2D eigenvalue weighted by Crippen LogP contribution is -2.62. The van der Waals surface area contributed by atoms with E-state index < -0.39 is 47.4 Å². The van der Waals surface area contributed by atoms with Crippen LogP contribution in [0.25, 0.3) is 0 Å². The smallest absolute Gasteiger partial charge is 0.328 e. The van der Waals surface area contributed by atoms with E-state index in [4.69, 9.17) is 9.57 Å². The predicted octanol–water partition coefficient (Wildman–Crippen LogP) is 1.21. The minimum absolute atomic E-state index is 0.0134. The van der Waals surface area contributed by atoms with Crippen molar-refractivity contribution >= 4 is 23.4 Å². The molecule has 0 unspecified atom stereocenters. The largest absolute Gasteiger partial charge is 0.467 e. The molecule has 3 saturated carbocycles. The number of aliphatic hydroxyl groups is 3. The van der Waals surface area contributed by atoms with Gasteiger partial charge in [0.15, 0.2) is 12.4 Å². The Bertz CT molecular complexity index is 1260. The summed E-state index contributed by atoms with van der Waals surface area (Å²) in [5.74, 6) is -1.41. The number of allylic oxidation sites excluding steroid dienone is 2. The summed E-state index contributed by atoms with van der Waals surface area (Å²) in [5.41, 5.74) is -0.0624. The number of ether oxygens (including phenoxy) is 1. The van der Waals surface area contributed by atoms with Crippen molar-refractivity contribution in [2.75, 3.05) is 20.3 Å². The summed E-state index contributed by atoms with van der Waals surface area (Å²) in [7, 11) is 1.26. The Hall–Kier alpha value is -3.09. The van der Waals surface area contributed by atoms with Crippen LogP contribution in [0.5, 0.6) is 0 Å². The van der Waals surface area contributed by atoms with Crippen LogP contribution in [-0.2, 0) is 30.4 Å². The van der Waals surface area contributed by atoms with Gasteiger partial charge in [-0.05, 0) is 74.2 Å². The number of aliphatic hydroxyl groups excluding tert-OH is 2. The Kier molecular flexibility index (Phi) is 8.34. The van der Waals surface area contributed by atoms with E-state index >= 15 is 0 Å². The maximum atomic E-state index is 12.6. The number of esters is 1. The van der Waals surface area contributed by atoms with Crippen molar-refractivity contribution in [2.24, 2.45) is 33.7 Å². The highest BCUT2D eigenvalue weighted by molar-refractivity contribution is 5.96. The van der Waals surface area contributed by atoms with Crippen molar-refractivity contribution in [2.45, 2.75) is 83.0 Å². The van der Waals surface area contributed by atoms with Gasteiger partial charge in [-0.2, -0.15) is 0 Å². The van der Waals surface area contributed by atoms with Crippen molar-refractivity contribution in [1.29, 1.82) is 0 Å². The van der Waals surface area contributed by atoms with Crippen LogP contribution in [0.3, 0.4) is 0 Å². The molecule has 0 aromatic carbocycles. The number of fused-ring (bicyclic) bond motifs is 5. The molecule has 8 atom stereocenters. The van der Waals surface area contributed by atoms with Crippen molar-refractivity contribution in [1.82, 2.24) is 15.3 Å². The highest BCUT2D eigenvalue weighted by atomic mass is 16.6. The average Bonchev–Trinajstić information content (AvgIpc) is 3.57. The van der Waals surface area contributed by atoms with Crippen LogP contribution in [0.4, 0.5) is 0 Å². The van der Waals surface area contributed by atoms with Gasteiger partial charge in [-0.15, -0.1) is 0 Å². The molecule has 3 fully saturated rings. The molecule has 4 aliphatic rings. The number of hydrogen-bond acceptors (Lipinski definition) is 10. The Morgan fingerprint density at radius 1 is 1.24 bits per heavy atom. The third kappa shape index (κ3) is 5.07. The van der Waals surface area contributed by atoms with E-state index in [9.17, 15) is 29.7 Å². The van der Waals surface area contributed by atoms with Crippen molar-refractivity contribution < 1.29 is 39.3 Å². The lowest BCUT2D eigenvalue weighted by Gasteiger charge is -2.60. The van der Waals surface area contributed by atoms with Gasteiger partial charge in [-0.1, -0.05) is 24.6 Å². The van der Waals surface area contributed by atoms with Crippen LogP contribution in [0, 0.1) is 28.6 Å². The van der Waals surface area contributed by atoms with Crippen LogP contribution >= 0.6 is 0 Å². The second-order valence-corrected chi connectivity index (χ2v) is 12.9. The molecule has 0 aliphatic heterocycles. The maximum Gasteiger partial charge on any atom is 0.328 e. The number of oxime groups is 1. The first-order valence-electron chi connectivity index (χ1n) is 14.8. The summed E-state index contributed by atoms with van der Waals surface area (Å²) in [6.07, 6.45) is 8.90. The number of aromatic amines is 1. The summed E-state index contributed by atoms with van der Waals surface area (Å²) in [6, 6.07) is -0.895. The third-order valence-corrected chi connectivity index (χ3v) is 10.8. The highest BCUT2D eigenvalue weighted by Crippen LogP contribution is 2.67. The van der Waals surface area contributed by atoms with Crippen LogP contribution in [-0.4, -0.2) is 86.7 Å². The molecule has 1 amide bonds. The lowest BCUT2D eigenvalue weighted by molar-refractivity contribution is -0.181. The van der Waals surface area contributed by atoms with E-state index in [0.29, 0.717) is 31.4 Å². The fourth-order valence-corrected chi connectivity index (χ4v) is 8.73. The second kappa shape index (κ2) is 11.5. The van der Waals surface area contributed by atoms with E-state index in [-0.39, 0.29) is 36.2 Å². The number of aromatic nitrogens is 2. The van der Waals surface area contributed by atoms with Gasteiger partial charge in [0.25, 0.3) is 5.91 Å². The number of nitrogens with one attached hydrogen (secondary N) is 2. The zero-order chi connectivity index (χ0) is 30.3. The van der Waals surface area contributed by atoms with Gasteiger partial charge >= 0.3 is 5.97 Å². The summed E-state index contributed by atoms with van der Waals surface area (Å²) in [5, 5.41) is 39.3. The minimum Gasteiger partial charge on any atom is -0.467 e. The molecule has 0 saturated heterocycles. The fourth-order valence-electron chi connectivity index (χ4n) is 8.73. The molecule has 12 heteroatoms. The first kappa shape index (κ1) is 30.4. The number of imidazole rings is 1. The molecule has 1 heterocycles. The van der Waals surface area contributed by atoms with Gasteiger partial charge < -0.3 is 35.2 Å². The molecular weight excluding hydrogens is 544 g/mol. The van der Waals surface area contributed by atoms with Crippen LogP contribution in [0.1, 0.15) is 64.5 Å². The maximum absolute atomic E-state index is 12.6. The molecule has 12 nitrogen and oxygen atoms in total. The molecule has 5 N–H and O–H groups in total. The average molecular weight is 587 g/mol. The standard InChI is InChI=1S/C30H42N4O8/c1-28-8-6-18(34-42-15-25(38)33-22(27(39)41-3)11-19-13-31-16-32-19)10-17(28)4-5-20-21-7-9-30(40,24(37)14-35)29(21,2)12-23(36)26(20)28/h10,13,16,20-23,26,35-36,40H,4-9,11-12,14-15H2,1-3H3,(H,31,32)(H,33,38)/b34-18-/t20-,21-,22-,23+,26+,28+,29-,30-/m0/s1. The molecular formula is C30H42N4O8. The fraction of sp³-hybridized carbons (Fsp3) is 0.700. The SMILES string of the molecule is COC(=O)[C@H](Cc1cnc[nH]1)NC(=O)CO/N=C1\C=C2CC[C@@H]3[C@H]([C@H](O)C[C@@]4(C)[C@H]3CC[C@]4(O)C(=O)CO)[C@]2(C)CC1. The van der Waals surface area contributed by atoms with Crippen molar-refractivity contribution in [3.63, 3.8) is 0 Å². The summed E-state index contributed by atoms with van der Waals surface area (Å²) >= 11 is 0. The van der Waals surface area contributed by atoms with E-state index in [0.717, 1.165) is 25.0 Å². The molecule has 5 rings (SSSR count). The summed E-state index contributed by atoms with van der Waals surface area (Å²) in [4.78, 5) is 49.4. The molecule has 1 aromatic heterocycles. The minimum atomic E-state index is -1.61. The predicted molar refractivity (Wildman–Crippen MR) is 150 cm³/mol. The molecule has 230 valence electrons. The van der Waals surface area contributed by atoms with Crippen molar-refractivity contribution in [3.8, 4) is 0 Å². The molecule has 0 bridgehead atoms. The van der Waals surface area contributed by atoms with Gasteiger partial charge in [0.05, 0.1) is 25.3 Å². The Labute approximate surface area is 244 Å². The number of carbonyl (C=O) groups is 3. The molecule has 1 aromatic rings. The van der Waals surface area contributed by atoms with Gasteiger partial charge in [0.2, 0.25) is 0 Å². The van der Waals surface area contributed by atoms with E-state index in [1.165, 1.54) is 19.0 Å². The van der Waals surface area contributed by atoms with Gasteiger partial charge in [-0.3, -0.25) is 9.59 Å². The Morgan fingerprint density at radius 3 is 2.71 bits per heavy atom. The zero-order valence-corrected chi connectivity index (χ0v) is 24.5. The molecule has 42 heavy (non-hydrogen) atoms. The normalized spacial score (nSPS) is 37.1.